The van der Waals surface area contributed by atoms with E-state index in [1.54, 1.807) is 0 Å². The molecule has 21 heavy (non-hydrogen) atoms. The summed E-state index contributed by atoms with van der Waals surface area (Å²) in [5, 5.41) is 11.0. The molecule has 2 nitrogen and oxygen atoms in total. The second-order valence-electron chi connectivity index (χ2n) is 7.41. The number of benzene rings is 1. The molecule has 0 spiro atoms. The van der Waals surface area contributed by atoms with Gasteiger partial charge in [0.1, 0.15) is 0 Å². The Bertz CT molecular complexity index is 472. The van der Waals surface area contributed by atoms with Crippen molar-refractivity contribution in [2.75, 3.05) is 6.54 Å². The van der Waals surface area contributed by atoms with E-state index >= 15 is 0 Å². The first kappa shape index (κ1) is 16.5. The van der Waals surface area contributed by atoms with Gasteiger partial charge in [-0.3, -0.25) is 0 Å². The fraction of sp³-hybridized carbons (Fsp3) is 0.684. The summed E-state index contributed by atoms with van der Waals surface area (Å²) in [6.07, 6.45) is 4.03. The van der Waals surface area contributed by atoms with Crippen LogP contribution in [0.2, 0.25) is 0 Å². The minimum Gasteiger partial charge on any atom is -0.388 e. The number of rotatable bonds is 4. The number of nitrogens with two attached hydrogens (primary N) is 1. The molecule has 1 unspecified atom stereocenters. The molecule has 0 heterocycles. The van der Waals surface area contributed by atoms with Crippen molar-refractivity contribution >= 4 is 0 Å². The molecular weight excluding hydrogens is 258 g/mol. The van der Waals surface area contributed by atoms with Crippen LogP contribution in [0.1, 0.15) is 62.3 Å². The van der Waals surface area contributed by atoms with Gasteiger partial charge in [-0.1, -0.05) is 37.6 Å². The van der Waals surface area contributed by atoms with Gasteiger partial charge in [0.25, 0.3) is 0 Å². The van der Waals surface area contributed by atoms with Crippen LogP contribution >= 0.6 is 0 Å². The van der Waals surface area contributed by atoms with E-state index in [0.717, 1.165) is 30.2 Å². The van der Waals surface area contributed by atoms with E-state index in [1.165, 1.54) is 24.0 Å². The maximum Gasteiger partial charge on any atom is 0.0860 e. The largest absolute Gasteiger partial charge is 0.388 e. The highest BCUT2D eigenvalue weighted by Crippen LogP contribution is 2.48. The highest BCUT2D eigenvalue weighted by molar-refractivity contribution is 5.33. The highest BCUT2D eigenvalue weighted by Gasteiger charge is 2.41. The molecule has 1 saturated carbocycles. The van der Waals surface area contributed by atoms with Crippen LogP contribution in [0, 0.1) is 31.1 Å². The lowest BCUT2D eigenvalue weighted by Gasteiger charge is -2.44. The fourth-order valence-corrected chi connectivity index (χ4v) is 3.93. The van der Waals surface area contributed by atoms with Gasteiger partial charge in [0, 0.05) is 12.0 Å². The molecule has 1 aromatic rings. The monoisotopic (exact) mass is 289 g/mol. The predicted molar refractivity (Wildman–Crippen MR) is 89.2 cm³/mol. The first-order chi connectivity index (χ1) is 9.89. The fourth-order valence-electron chi connectivity index (χ4n) is 3.93. The van der Waals surface area contributed by atoms with Crippen molar-refractivity contribution < 1.29 is 5.11 Å². The van der Waals surface area contributed by atoms with Gasteiger partial charge >= 0.3 is 0 Å². The topological polar surface area (TPSA) is 46.2 Å². The van der Waals surface area contributed by atoms with Crippen molar-refractivity contribution in [2.24, 2.45) is 23.0 Å². The molecule has 118 valence electrons. The second kappa shape index (κ2) is 6.50. The molecule has 1 aliphatic rings. The lowest BCUT2D eigenvalue weighted by Crippen LogP contribution is -2.41. The van der Waals surface area contributed by atoms with Gasteiger partial charge in [-0.15, -0.1) is 0 Å². The van der Waals surface area contributed by atoms with Crippen LogP contribution in [0.3, 0.4) is 0 Å². The van der Waals surface area contributed by atoms with E-state index in [4.69, 9.17) is 5.73 Å². The molecule has 0 bridgehead atoms. The lowest BCUT2D eigenvalue weighted by atomic mass is 9.64. The van der Waals surface area contributed by atoms with Crippen LogP contribution < -0.4 is 5.73 Å². The zero-order valence-electron chi connectivity index (χ0n) is 14.0. The summed E-state index contributed by atoms with van der Waals surface area (Å²) in [6.45, 7) is 9.37. The van der Waals surface area contributed by atoms with E-state index in [-0.39, 0.29) is 5.41 Å². The minimum atomic E-state index is -0.434. The number of aliphatic hydroxyl groups excluding tert-OH is 1. The second-order valence-corrected chi connectivity index (χ2v) is 7.41. The SMILES string of the molecule is Cc1ccc(C(O)C2(CN)CCC(C(C)C)CC2)c(C)c1. The van der Waals surface area contributed by atoms with Crippen LogP contribution in [0.15, 0.2) is 18.2 Å². The molecule has 2 rings (SSSR count). The average molecular weight is 289 g/mol. The Morgan fingerprint density at radius 3 is 2.33 bits per heavy atom. The molecule has 0 amide bonds. The third-order valence-electron chi connectivity index (χ3n) is 5.68. The summed E-state index contributed by atoms with van der Waals surface area (Å²) in [6, 6.07) is 6.33. The number of hydrogen-bond acceptors (Lipinski definition) is 2. The molecule has 0 aromatic heterocycles. The average Bonchev–Trinajstić information content (AvgIpc) is 2.46. The number of aliphatic hydroxyl groups is 1. The van der Waals surface area contributed by atoms with Crippen LogP contribution in [0.5, 0.6) is 0 Å². The maximum atomic E-state index is 11.0. The molecule has 1 fully saturated rings. The molecule has 3 N–H and O–H groups in total. The number of aryl methyl sites for hydroxylation is 2. The Balaban J connectivity index is 2.21. The van der Waals surface area contributed by atoms with Crippen molar-refractivity contribution in [3.8, 4) is 0 Å². The summed E-state index contributed by atoms with van der Waals surface area (Å²) in [5.74, 6) is 1.52. The molecule has 0 aliphatic heterocycles. The summed E-state index contributed by atoms with van der Waals surface area (Å²) >= 11 is 0. The Morgan fingerprint density at radius 1 is 1.24 bits per heavy atom. The first-order valence-corrected chi connectivity index (χ1v) is 8.35. The van der Waals surface area contributed by atoms with Crippen LogP contribution in [0.25, 0.3) is 0 Å². The van der Waals surface area contributed by atoms with E-state index in [2.05, 4.69) is 45.9 Å². The maximum absolute atomic E-state index is 11.0. The van der Waals surface area contributed by atoms with Crippen molar-refractivity contribution in [1.82, 2.24) is 0 Å². The van der Waals surface area contributed by atoms with E-state index in [9.17, 15) is 5.11 Å². The molecular formula is C19H31NO. The van der Waals surface area contributed by atoms with Crippen LogP contribution in [-0.4, -0.2) is 11.7 Å². The standard InChI is InChI=1S/C19H31NO/c1-13(2)16-7-9-19(12-20,10-8-16)18(21)17-6-5-14(3)11-15(17)4/h5-6,11,13,16,18,21H,7-10,12,20H2,1-4H3. The Labute approximate surface area is 129 Å². The Hall–Kier alpha value is -0.860. The number of hydrogen-bond donors (Lipinski definition) is 2. The van der Waals surface area contributed by atoms with Gasteiger partial charge in [0.15, 0.2) is 0 Å². The molecule has 0 saturated heterocycles. The Kier molecular flexibility index (Phi) is 5.11. The quantitative estimate of drug-likeness (QED) is 0.875. The van der Waals surface area contributed by atoms with Gasteiger partial charge in [-0.2, -0.15) is 0 Å². The van der Waals surface area contributed by atoms with E-state index in [0.29, 0.717) is 6.54 Å². The molecule has 1 aliphatic carbocycles. The lowest BCUT2D eigenvalue weighted by molar-refractivity contribution is -0.0152. The molecule has 1 atom stereocenters. The highest BCUT2D eigenvalue weighted by atomic mass is 16.3. The predicted octanol–water partition coefficient (Wildman–Crippen LogP) is 4.13. The smallest absolute Gasteiger partial charge is 0.0860 e. The minimum absolute atomic E-state index is 0.134. The van der Waals surface area contributed by atoms with Crippen molar-refractivity contribution in [3.63, 3.8) is 0 Å². The molecule has 0 radical (unpaired) electrons. The zero-order valence-corrected chi connectivity index (χ0v) is 14.0. The van der Waals surface area contributed by atoms with Gasteiger partial charge in [0.05, 0.1) is 6.10 Å². The van der Waals surface area contributed by atoms with Gasteiger partial charge in [-0.25, -0.2) is 0 Å². The third kappa shape index (κ3) is 3.32. The van der Waals surface area contributed by atoms with Crippen LogP contribution in [-0.2, 0) is 0 Å². The summed E-state index contributed by atoms with van der Waals surface area (Å²) in [5.41, 5.74) is 9.47. The van der Waals surface area contributed by atoms with Crippen molar-refractivity contribution in [2.45, 2.75) is 59.5 Å². The van der Waals surface area contributed by atoms with Crippen molar-refractivity contribution in [3.05, 3.63) is 34.9 Å². The van der Waals surface area contributed by atoms with Crippen LogP contribution in [0.4, 0.5) is 0 Å². The molecule has 2 heteroatoms. The Morgan fingerprint density at radius 2 is 1.86 bits per heavy atom. The van der Waals surface area contributed by atoms with Gasteiger partial charge in [-0.05, 0) is 62.5 Å². The summed E-state index contributed by atoms with van der Waals surface area (Å²) in [7, 11) is 0. The summed E-state index contributed by atoms with van der Waals surface area (Å²) in [4.78, 5) is 0. The normalized spacial score (nSPS) is 27.9. The third-order valence-corrected chi connectivity index (χ3v) is 5.68. The van der Waals surface area contributed by atoms with Gasteiger partial charge in [0.2, 0.25) is 0 Å². The van der Waals surface area contributed by atoms with Gasteiger partial charge < -0.3 is 10.8 Å². The first-order valence-electron chi connectivity index (χ1n) is 8.35. The van der Waals surface area contributed by atoms with Crippen molar-refractivity contribution in [1.29, 1.82) is 0 Å². The zero-order chi connectivity index (χ0) is 15.6. The van der Waals surface area contributed by atoms with E-state index < -0.39 is 6.10 Å². The van der Waals surface area contributed by atoms with E-state index in [1.807, 2.05) is 0 Å². The molecule has 1 aromatic carbocycles. The summed E-state index contributed by atoms with van der Waals surface area (Å²) < 4.78 is 0.